The fourth-order valence-corrected chi connectivity index (χ4v) is 2.60. The third-order valence-corrected chi connectivity index (χ3v) is 3.89. The highest BCUT2D eigenvalue weighted by Crippen LogP contribution is 2.44. The lowest BCUT2D eigenvalue weighted by atomic mass is 9.88. The molecule has 2 unspecified atom stereocenters. The van der Waals surface area contributed by atoms with Gasteiger partial charge in [0.25, 0.3) is 0 Å². The number of piperazine rings is 1. The average Bonchev–Trinajstić information content (AvgIpc) is 3.10. The van der Waals surface area contributed by atoms with Crippen LogP contribution in [-0.4, -0.2) is 41.5 Å². The van der Waals surface area contributed by atoms with E-state index in [9.17, 15) is 14.0 Å². The summed E-state index contributed by atoms with van der Waals surface area (Å²) in [6, 6.07) is -0.492. The molecule has 1 aliphatic carbocycles. The Hall–Kier alpha value is -1.13. The van der Waals surface area contributed by atoms with E-state index in [1.807, 2.05) is 6.92 Å². The number of carbonyl (C=O) groups excluding carboxylic acids is 2. The summed E-state index contributed by atoms with van der Waals surface area (Å²) in [6.45, 7) is 3.36. The van der Waals surface area contributed by atoms with Crippen molar-refractivity contribution in [1.82, 2.24) is 10.2 Å². The van der Waals surface area contributed by atoms with E-state index in [-0.39, 0.29) is 17.7 Å². The van der Waals surface area contributed by atoms with Crippen LogP contribution in [0.4, 0.5) is 4.39 Å². The van der Waals surface area contributed by atoms with Crippen molar-refractivity contribution in [3.05, 3.63) is 0 Å². The highest BCUT2D eigenvalue weighted by molar-refractivity contribution is 5.99. The summed E-state index contributed by atoms with van der Waals surface area (Å²) in [6.07, 6.45) is 2.24. The summed E-state index contributed by atoms with van der Waals surface area (Å²) in [5, 5.41) is 2.72. The van der Waals surface area contributed by atoms with Gasteiger partial charge in [0.2, 0.25) is 11.8 Å². The van der Waals surface area contributed by atoms with Crippen molar-refractivity contribution < 1.29 is 14.0 Å². The van der Waals surface area contributed by atoms with Gasteiger partial charge in [0.15, 0.2) is 0 Å². The second-order valence-electron chi connectivity index (χ2n) is 5.15. The molecule has 0 spiro atoms. The molecule has 2 atom stereocenters. The van der Waals surface area contributed by atoms with Crippen molar-refractivity contribution >= 4 is 11.8 Å². The van der Waals surface area contributed by atoms with Gasteiger partial charge in [0.05, 0.1) is 6.67 Å². The maximum atomic E-state index is 12.3. The molecule has 96 valence electrons. The first-order chi connectivity index (χ1) is 8.01. The number of rotatable bonds is 4. The Labute approximate surface area is 101 Å². The van der Waals surface area contributed by atoms with Gasteiger partial charge >= 0.3 is 0 Å². The van der Waals surface area contributed by atoms with Gasteiger partial charge in [-0.05, 0) is 39.0 Å². The monoisotopic (exact) mass is 242 g/mol. The molecule has 2 rings (SSSR count). The van der Waals surface area contributed by atoms with E-state index in [4.69, 9.17) is 0 Å². The summed E-state index contributed by atoms with van der Waals surface area (Å²) in [5.41, 5.74) is -0.765. The van der Waals surface area contributed by atoms with Crippen LogP contribution in [0.2, 0.25) is 0 Å². The largest absolute Gasteiger partial charge is 0.343 e. The number of hydrogen-bond donors (Lipinski definition) is 1. The Morgan fingerprint density at radius 2 is 2.12 bits per heavy atom. The van der Waals surface area contributed by atoms with Crippen molar-refractivity contribution in [1.29, 1.82) is 0 Å². The van der Waals surface area contributed by atoms with Crippen LogP contribution in [0.5, 0.6) is 0 Å². The lowest BCUT2D eigenvalue weighted by molar-refractivity contribution is -0.157. The molecule has 1 saturated heterocycles. The molecule has 1 aliphatic heterocycles. The molecule has 2 fully saturated rings. The Kier molecular flexibility index (Phi) is 3.10. The van der Waals surface area contributed by atoms with Crippen molar-refractivity contribution in [2.24, 2.45) is 5.92 Å². The minimum Gasteiger partial charge on any atom is -0.343 e. The van der Waals surface area contributed by atoms with Crippen molar-refractivity contribution in [3.63, 3.8) is 0 Å². The molecule has 4 nitrogen and oxygen atoms in total. The third-order valence-electron chi connectivity index (χ3n) is 3.89. The van der Waals surface area contributed by atoms with Crippen LogP contribution in [0.25, 0.3) is 0 Å². The van der Waals surface area contributed by atoms with E-state index >= 15 is 0 Å². The number of carbonyl (C=O) groups is 2. The van der Waals surface area contributed by atoms with E-state index < -0.39 is 18.3 Å². The van der Waals surface area contributed by atoms with Crippen LogP contribution in [-0.2, 0) is 9.59 Å². The predicted molar refractivity (Wildman–Crippen MR) is 61.0 cm³/mol. The molecule has 0 radical (unpaired) electrons. The van der Waals surface area contributed by atoms with Gasteiger partial charge in [-0.15, -0.1) is 0 Å². The lowest BCUT2D eigenvalue weighted by Gasteiger charge is -2.46. The molecule has 0 bridgehead atoms. The third kappa shape index (κ3) is 1.91. The molecule has 2 aliphatic rings. The minimum absolute atomic E-state index is 0.0903. The van der Waals surface area contributed by atoms with Crippen LogP contribution < -0.4 is 5.32 Å². The van der Waals surface area contributed by atoms with Crippen molar-refractivity contribution in [2.45, 2.75) is 44.7 Å². The first-order valence-electron chi connectivity index (χ1n) is 6.20. The number of hydrogen-bond acceptors (Lipinski definition) is 2. The molecular formula is C12H19FN2O2. The van der Waals surface area contributed by atoms with Gasteiger partial charge < -0.3 is 10.2 Å². The van der Waals surface area contributed by atoms with Gasteiger partial charge in [0, 0.05) is 6.54 Å². The summed E-state index contributed by atoms with van der Waals surface area (Å²) in [5.74, 6) is 0.0527. The highest BCUT2D eigenvalue weighted by atomic mass is 19.1. The van der Waals surface area contributed by atoms with Crippen LogP contribution in [0, 0.1) is 5.92 Å². The molecule has 1 heterocycles. The van der Waals surface area contributed by atoms with Crippen LogP contribution in [0.1, 0.15) is 33.1 Å². The Morgan fingerprint density at radius 3 is 2.65 bits per heavy atom. The Balaban J connectivity index is 2.24. The van der Waals surface area contributed by atoms with E-state index in [1.54, 1.807) is 11.8 Å². The zero-order valence-corrected chi connectivity index (χ0v) is 10.3. The number of nitrogens with one attached hydrogen (secondary N) is 1. The predicted octanol–water partition coefficient (Wildman–Crippen LogP) is 0.862. The minimum atomic E-state index is -0.765. The molecule has 2 amide bonds. The summed E-state index contributed by atoms with van der Waals surface area (Å²) in [7, 11) is 0. The molecule has 1 N–H and O–H groups in total. The molecule has 0 aromatic rings. The van der Waals surface area contributed by atoms with E-state index in [0.29, 0.717) is 13.0 Å². The zero-order chi connectivity index (χ0) is 12.6. The maximum absolute atomic E-state index is 12.3. The smallest absolute Gasteiger partial charge is 0.246 e. The number of amides is 2. The Morgan fingerprint density at radius 1 is 1.47 bits per heavy atom. The molecule has 17 heavy (non-hydrogen) atoms. The van der Waals surface area contributed by atoms with Crippen molar-refractivity contribution in [3.8, 4) is 0 Å². The molecule has 0 aromatic carbocycles. The van der Waals surface area contributed by atoms with Gasteiger partial charge in [-0.3, -0.25) is 14.0 Å². The van der Waals surface area contributed by atoms with E-state index in [2.05, 4.69) is 5.32 Å². The van der Waals surface area contributed by atoms with Crippen molar-refractivity contribution in [2.75, 3.05) is 13.2 Å². The second-order valence-corrected chi connectivity index (χ2v) is 5.15. The Bertz CT molecular complexity index is 343. The summed E-state index contributed by atoms with van der Waals surface area (Å²) >= 11 is 0. The van der Waals surface area contributed by atoms with E-state index in [0.717, 1.165) is 12.8 Å². The van der Waals surface area contributed by atoms with Crippen LogP contribution in [0.3, 0.4) is 0 Å². The SMILES string of the molecule is CC1NC(=O)C(C)(C2CC2)N(CCCF)C1=O. The fraction of sp³-hybridized carbons (Fsp3) is 0.833. The summed E-state index contributed by atoms with van der Waals surface area (Å²) in [4.78, 5) is 25.8. The number of halogens is 1. The summed E-state index contributed by atoms with van der Waals surface area (Å²) < 4.78 is 12.3. The van der Waals surface area contributed by atoms with Crippen LogP contribution in [0.15, 0.2) is 0 Å². The normalized spacial score (nSPS) is 33.8. The van der Waals surface area contributed by atoms with Gasteiger partial charge in [-0.1, -0.05) is 0 Å². The first kappa shape index (κ1) is 12.3. The molecular weight excluding hydrogens is 223 g/mol. The molecule has 5 heteroatoms. The van der Waals surface area contributed by atoms with Gasteiger partial charge in [0.1, 0.15) is 11.6 Å². The maximum Gasteiger partial charge on any atom is 0.246 e. The lowest BCUT2D eigenvalue weighted by Crippen LogP contribution is -2.70. The number of nitrogens with zero attached hydrogens (tertiary/aromatic N) is 1. The molecule has 0 aromatic heterocycles. The topological polar surface area (TPSA) is 49.4 Å². The standard InChI is InChI=1S/C12H19FN2O2/c1-8-10(16)15(7-3-6-13)12(2,9-4-5-9)11(17)14-8/h8-9H,3-7H2,1-2H3,(H,14,17). The highest BCUT2D eigenvalue weighted by Gasteiger charge is 2.56. The van der Waals surface area contributed by atoms with E-state index in [1.165, 1.54) is 0 Å². The van der Waals surface area contributed by atoms with Gasteiger partial charge in [-0.2, -0.15) is 0 Å². The fourth-order valence-electron chi connectivity index (χ4n) is 2.60. The quantitative estimate of drug-likeness (QED) is 0.795. The zero-order valence-electron chi connectivity index (χ0n) is 10.3. The average molecular weight is 242 g/mol. The van der Waals surface area contributed by atoms with Crippen LogP contribution >= 0.6 is 0 Å². The second kappa shape index (κ2) is 4.27. The first-order valence-corrected chi connectivity index (χ1v) is 6.20. The van der Waals surface area contributed by atoms with Gasteiger partial charge in [-0.25, -0.2) is 0 Å². The molecule has 1 saturated carbocycles. The number of alkyl halides is 1.